The second kappa shape index (κ2) is 9.89. The van der Waals surface area contributed by atoms with E-state index >= 15 is 0 Å². The highest BCUT2D eigenvalue weighted by molar-refractivity contribution is 5.55. The number of anilines is 4. The number of rotatable bonds is 8. The summed E-state index contributed by atoms with van der Waals surface area (Å²) in [6, 6.07) is 16.4. The largest absolute Gasteiger partial charge is 0.395 e. The van der Waals surface area contributed by atoms with Crippen molar-refractivity contribution >= 4 is 23.3 Å². The van der Waals surface area contributed by atoms with Gasteiger partial charge in [0.05, 0.1) is 6.61 Å². The fraction of sp³-hybridized carbons (Fsp3) is 0.318. The van der Waals surface area contributed by atoms with Gasteiger partial charge in [0.25, 0.3) is 0 Å². The Balaban J connectivity index is 1.46. The highest BCUT2D eigenvalue weighted by Crippen LogP contribution is 2.22. The molecule has 4 rings (SSSR count). The number of hydrogen-bond donors (Lipinski definition) is 3. The van der Waals surface area contributed by atoms with Crippen LogP contribution in [0.2, 0.25) is 0 Å². The van der Waals surface area contributed by atoms with Crippen LogP contribution in [0.3, 0.4) is 0 Å². The fourth-order valence-corrected chi connectivity index (χ4v) is 3.47. The first-order chi connectivity index (χ1) is 14.8. The molecule has 0 atom stereocenters. The number of aliphatic hydroxyl groups is 1. The van der Waals surface area contributed by atoms with Crippen molar-refractivity contribution in [1.29, 1.82) is 0 Å². The van der Waals surface area contributed by atoms with Crippen LogP contribution in [0, 0.1) is 0 Å². The third-order valence-electron chi connectivity index (χ3n) is 5.03. The lowest BCUT2D eigenvalue weighted by Gasteiger charge is -2.36. The number of nitrogens with zero attached hydrogens (tertiary/aromatic N) is 5. The minimum Gasteiger partial charge on any atom is -0.395 e. The number of aromatic nitrogens is 3. The molecule has 156 valence electrons. The zero-order valence-corrected chi connectivity index (χ0v) is 16.9. The Kier molecular flexibility index (Phi) is 6.56. The van der Waals surface area contributed by atoms with E-state index < -0.39 is 0 Å². The number of aliphatic hydroxyl groups excluding tert-OH is 1. The monoisotopic (exact) mass is 405 g/mol. The van der Waals surface area contributed by atoms with E-state index in [4.69, 9.17) is 10.1 Å². The van der Waals surface area contributed by atoms with Crippen LogP contribution in [0.15, 0.2) is 60.9 Å². The van der Waals surface area contributed by atoms with Gasteiger partial charge in [0, 0.05) is 63.4 Å². The number of piperazine rings is 1. The average molecular weight is 406 g/mol. The fourth-order valence-electron chi connectivity index (χ4n) is 3.47. The molecule has 8 nitrogen and oxygen atoms in total. The summed E-state index contributed by atoms with van der Waals surface area (Å²) in [7, 11) is 0. The molecule has 3 heterocycles. The minimum atomic E-state index is 0.0491. The SMILES string of the molecule is OCCNc1cc(N2CCN(c3ccccc3)CC2)nc(NCc2cccnc2)n1. The summed E-state index contributed by atoms with van der Waals surface area (Å²) < 4.78 is 0. The summed E-state index contributed by atoms with van der Waals surface area (Å²) >= 11 is 0. The molecule has 1 aliphatic heterocycles. The van der Waals surface area contributed by atoms with Crippen molar-refractivity contribution in [3.05, 3.63) is 66.5 Å². The van der Waals surface area contributed by atoms with E-state index in [1.165, 1.54) is 5.69 Å². The van der Waals surface area contributed by atoms with Gasteiger partial charge in [-0.1, -0.05) is 24.3 Å². The van der Waals surface area contributed by atoms with Crippen molar-refractivity contribution in [2.45, 2.75) is 6.54 Å². The Morgan fingerprint density at radius 3 is 2.43 bits per heavy atom. The van der Waals surface area contributed by atoms with Gasteiger partial charge in [-0.2, -0.15) is 9.97 Å². The minimum absolute atomic E-state index is 0.0491. The van der Waals surface area contributed by atoms with Crippen LogP contribution in [-0.4, -0.2) is 59.4 Å². The molecule has 2 aromatic heterocycles. The van der Waals surface area contributed by atoms with Crippen molar-refractivity contribution in [2.24, 2.45) is 0 Å². The molecule has 0 saturated carbocycles. The zero-order valence-electron chi connectivity index (χ0n) is 16.9. The predicted molar refractivity (Wildman–Crippen MR) is 120 cm³/mol. The van der Waals surface area contributed by atoms with Crippen LogP contribution in [0.4, 0.5) is 23.3 Å². The maximum Gasteiger partial charge on any atom is 0.226 e. The molecule has 0 bridgehead atoms. The summed E-state index contributed by atoms with van der Waals surface area (Å²) in [5.41, 5.74) is 2.32. The van der Waals surface area contributed by atoms with E-state index in [0.29, 0.717) is 24.9 Å². The predicted octanol–water partition coefficient (Wildman–Crippen LogP) is 2.21. The standard InChI is InChI=1S/C22H27N7O/c30-14-9-24-20-15-21(27-22(26-20)25-17-18-5-4-8-23-16-18)29-12-10-28(11-13-29)19-6-2-1-3-7-19/h1-8,15-16,30H,9-14,17H2,(H2,24,25,26,27). The van der Waals surface area contributed by atoms with Gasteiger partial charge in [-0.3, -0.25) is 4.98 Å². The lowest BCUT2D eigenvalue weighted by molar-refractivity contribution is 0.311. The molecule has 0 unspecified atom stereocenters. The third kappa shape index (κ3) is 5.15. The van der Waals surface area contributed by atoms with E-state index in [0.717, 1.165) is 37.6 Å². The maximum absolute atomic E-state index is 9.16. The smallest absolute Gasteiger partial charge is 0.226 e. The van der Waals surface area contributed by atoms with Crippen LogP contribution in [0.25, 0.3) is 0 Å². The lowest BCUT2D eigenvalue weighted by Crippen LogP contribution is -2.46. The number of benzene rings is 1. The van der Waals surface area contributed by atoms with E-state index in [1.807, 2.05) is 30.5 Å². The first kappa shape index (κ1) is 19.9. The molecular formula is C22H27N7O. The number of para-hydroxylation sites is 1. The van der Waals surface area contributed by atoms with Gasteiger partial charge in [0.2, 0.25) is 5.95 Å². The molecule has 3 aromatic rings. The Bertz CT molecular complexity index is 915. The molecule has 8 heteroatoms. The van der Waals surface area contributed by atoms with Gasteiger partial charge in [-0.05, 0) is 23.8 Å². The highest BCUT2D eigenvalue weighted by Gasteiger charge is 2.19. The van der Waals surface area contributed by atoms with E-state index in [1.54, 1.807) is 6.20 Å². The van der Waals surface area contributed by atoms with E-state index in [2.05, 4.69) is 54.7 Å². The molecule has 1 aromatic carbocycles. The molecule has 1 aliphatic rings. The number of nitrogens with one attached hydrogen (secondary N) is 2. The summed E-state index contributed by atoms with van der Waals surface area (Å²) in [6.45, 7) is 4.73. The van der Waals surface area contributed by atoms with Crippen molar-refractivity contribution in [2.75, 3.05) is 59.8 Å². The average Bonchev–Trinajstić information content (AvgIpc) is 2.83. The highest BCUT2D eigenvalue weighted by atomic mass is 16.3. The van der Waals surface area contributed by atoms with E-state index in [9.17, 15) is 0 Å². The van der Waals surface area contributed by atoms with Crippen LogP contribution in [0.1, 0.15) is 5.56 Å². The zero-order chi connectivity index (χ0) is 20.6. The molecule has 30 heavy (non-hydrogen) atoms. The molecular weight excluding hydrogens is 378 g/mol. The Labute approximate surface area is 176 Å². The van der Waals surface area contributed by atoms with Gasteiger partial charge in [0.15, 0.2) is 0 Å². The summed E-state index contributed by atoms with van der Waals surface area (Å²) in [4.78, 5) is 18.1. The molecule has 1 fully saturated rings. The normalized spacial score (nSPS) is 13.9. The second-order valence-corrected chi connectivity index (χ2v) is 7.11. The van der Waals surface area contributed by atoms with Crippen molar-refractivity contribution in [1.82, 2.24) is 15.0 Å². The molecule has 0 radical (unpaired) electrons. The second-order valence-electron chi connectivity index (χ2n) is 7.11. The van der Waals surface area contributed by atoms with Gasteiger partial charge < -0.3 is 25.5 Å². The molecule has 0 aliphatic carbocycles. The van der Waals surface area contributed by atoms with Crippen LogP contribution >= 0.6 is 0 Å². The van der Waals surface area contributed by atoms with Crippen molar-refractivity contribution in [3.8, 4) is 0 Å². The molecule has 0 amide bonds. The Morgan fingerprint density at radius 1 is 0.900 bits per heavy atom. The van der Waals surface area contributed by atoms with Crippen molar-refractivity contribution < 1.29 is 5.11 Å². The topological polar surface area (TPSA) is 89.4 Å². The van der Waals surface area contributed by atoms with E-state index in [-0.39, 0.29) is 6.61 Å². The molecule has 3 N–H and O–H groups in total. The Hall–Kier alpha value is -3.39. The summed E-state index contributed by atoms with van der Waals surface area (Å²) in [5.74, 6) is 2.14. The first-order valence-electron chi connectivity index (χ1n) is 10.2. The molecule has 1 saturated heterocycles. The quantitative estimate of drug-likeness (QED) is 0.526. The lowest BCUT2D eigenvalue weighted by atomic mass is 10.2. The molecule has 0 spiro atoms. The maximum atomic E-state index is 9.16. The number of hydrogen-bond acceptors (Lipinski definition) is 8. The Morgan fingerprint density at radius 2 is 1.70 bits per heavy atom. The summed E-state index contributed by atoms with van der Waals surface area (Å²) in [5, 5.41) is 15.6. The number of pyridine rings is 1. The third-order valence-corrected chi connectivity index (χ3v) is 5.03. The van der Waals surface area contributed by atoms with Gasteiger partial charge in [0.1, 0.15) is 11.6 Å². The van der Waals surface area contributed by atoms with Crippen LogP contribution < -0.4 is 20.4 Å². The van der Waals surface area contributed by atoms with Crippen LogP contribution in [-0.2, 0) is 6.54 Å². The first-order valence-corrected chi connectivity index (χ1v) is 10.2. The van der Waals surface area contributed by atoms with Gasteiger partial charge in [-0.15, -0.1) is 0 Å². The van der Waals surface area contributed by atoms with Crippen LogP contribution in [0.5, 0.6) is 0 Å². The summed E-state index contributed by atoms with van der Waals surface area (Å²) in [6.07, 6.45) is 3.58. The van der Waals surface area contributed by atoms with Gasteiger partial charge >= 0.3 is 0 Å². The van der Waals surface area contributed by atoms with Gasteiger partial charge in [-0.25, -0.2) is 0 Å². The van der Waals surface area contributed by atoms with Crippen molar-refractivity contribution in [3.63, 3.8) is 0 Å².